The third-order valence-electron chi connectivity index (χ3n) is 3.75. The summed E-state index contributed by atoms with van der Waals surface area (Å²) < 4.78 is 0. The van der Waals surface area contributed by atoms with Crippen molar-refractivity contribution in [2.75, 3.05) is 0 Å². The van der Waals surface area contributed by atoms with Gasteiger partial charge in [0.1, 0.15) is 5.78 Å². The van der Waals surface area contributed by atoms with E-state index in [0.717, 1.165) is 16.7 Å². The predicted molar refractivity (Wildman–Crippen MR) is 108 cm³/mol. The average molecular weight is 400 g/mol. The molecule has 0 heterocycles. The maximum atomic E-state index is 11.6. The van der Waals surface area contributed by atoms with Gasteiger partial charge in [-0.3, -0.25) is 0 Å². The Hall–Kier alpha value is -2.48. The third-order valence-corrected chi connectivity index (χ3v) is 3.75. The molecular weight excluding hydrogens is 376 g/mol. The third kappa shape index (κ3) is 8.17. The molecule has 3 rings (SSSR count). The second-order valence-electron chi connectivity index (χ2n) is 6.48. The van der Waals surface area contributed by atoms with Crippen LogP contribution in [0, 0.1) is 5.92 Å². The summed E-state index contributed by atoms with van der Waals surface area (Å²) in [5.74, 6) is 0.756. The van der Waals surface area contributed by atoms with Crippen LogP contribution < -0.4 is 0 Å². The normalized spacial score (nSPS) is 10.2. The van der Waals surface area contributed by atoms with E-state index in [0.29, 0.717) is 12.3 Å². The van der Waals surface area contributed by atoms with Gasteiger partial charge in [0.15, 0.2) is 0 Å². The van der Waals surface area contributed by atoms with Gasteiger partial charge in [0.05, 0.1) is 0 Å². The van der Waals surface area contributed by atoms with E-state index in [1.807, 2.05) is 84.9 Å². The van der Waals surface area contributed by atoms with Gasteiger partial charge in [-0.15, -0.1) is 0 Å². The standard InChI is InChI=1S/C14H11O.C10H13O.Fe/c15-14(13-8-4-5-9-13)11-10-12-6-2-1-3-7-12;1-8(2)7-10(11)9-5-3-4-6-9;/h1-11H;3-6,8H,7H2,1-2H3;/q-5;-1;. The summed E-state index contributed by atoms with van der Waals surface area (Å²) in [6.45, 7) is 4.11. The number of rotatable bonds is 6. The topological polar surface area (TPSA) is 34.1 Å². The van der Waals surface area contributed by atoms with Crippen LogP contribution in [0.2, 0.25) is 0 Å². The van der Waals surface area contributed by atoms with Crippen LogP contribution in [-0.4, -0.2) is 11.6 Å². The van der Waals surface area contributed by atoms with Gasteiger partial charge >= 0.3 is 0 Å². The number of Topliss-reactive ketones (excluding diaryl/α,β-unsaturated/α-hetero) is 1. The first-order chi connectivity index (χ1) is 12.6. The van der Waals surface area contributed by atoms with Crippen molar-refractivity contribution < 1.29 is 26.7 Å². The monoisotopic (exact) mass is 400 g/mol. The molecule has 3 aromatic carbocycles. The molecule has 0 saturated heterocycles. The van der Waals surface area contributed by atoms with Crippen molar-refractivity contribution in [2.45, 2.75) is 20.3 Å². The molecule has 146 valence electrons. The summed E-state index contributed by atoms with van der Waals surface area (Å²) >= 11 is 0. The van der Waals surface area contributed by atoms with Crippen molar-refractivity contribution in [2.24, 2.45) is 5.92 Å². The van der Waals surface area contributed by atoms with Gasteiger partial charge in [0.2, 0.25) is 0 Å². The molecule has 0 radical (unpaired) electrons. The van der Waals surface area contributed by atoms with Crippen LogP contribution in [0.1, 0.15) is 46.5 Å². The molecule has 3 heteroatoms. The Bertz CT molecular complexity index is 811. The zero-order valence-corrected chi connectivity index (χ0v) is 16.7. The van der Waals surface area contributed by atoms with Gasteiger partial charge in [-0.25, -0.2) is 12.1 Å². The fraction of sp³-hybridized carbons (Fsp3) is 0.167. The molecule has 0 spiro atoms. The van der Waals surface area contributed by atoms with Gasteiger partial charge in [0.25, 0.3) is 0 Å². The van der Waals surface area contributed by atoms with E-state index >= 15 is 0 Å². The molecule has 0 aliphatic heterocycles. The zero-order valence-electron chi connectivity index (χ0n) is 15.6. The van der Waals surface area contributed by atoms with Gasteiger partial charge in [-0.2, -0.15) is 18.2 Å². The summed E-state index contributed by atoms with van der Waals surface area (Å²) in [6.07, 6.45) is 4.09. The Kier molecular flexibility index (Phi) is 10.0. The van der Waals surface area contributed by atoms with Crippen LogP contribution in [0.15, 0.2) is 84.9 Å². The van der Waals surface area contributed by atoms with Crippen molar-refractivity contribution in [1.29, 1.82) is 0 Å². The fourth-order valence-corrected chi connectivity index (χ4v) is 2.42. The van der Waals surface area contributed by atoms with E-state index < -0.39 is 0 Å². The molecule has 0 aliphatic rings. The maximum absolute atomic E-state index is 11.6. The molecule has 2 nitrogen and oxygen atoms in total. The molecule has 27 heavy (non-hydrogen) atoms. The Morgan fingerprint density at radius 2 is 1.59 bits per heavy atom. The number of allylic oxidation sites excluding steroid dienone is 1. The van der Waals surface area contributed by atoms with Crippen LogP contribution >= 0.6 is 0 Å². The van der Waals surface area contributed by atoms with Crippen LogP contribution in [0.25, 0.3) is 6.08 Å². The summed E-state index contributed by atoms with van der Waals surface area (Å²) in [4.78, 5) is 22.9. The van der Waals surface area contributed by atoms with Gasteiger partial charge in [0, 0.05) is 23.5 Å². The molecule has 3 aromatic rings. The first kappa shape index (κ1) is 22.6. The number of carbonyl (C=O) groups is 2. The molecule has 0 fully saturated rings. The zero-order chi connectivity index (χ0) is 18.8. The maximum Gasteiger partial charge on any atom is 0.108 e. The quantitative estimate of drug-likeness (QED) is 0.222. The average Bonchev–Trinajstić information content (AvgIpc) is 3.34. The van der Waals surface area contributed by atoms with E-state index in [4.69, 9.17) is 0 Å². The molecular formula is C24H24FeO2-6. The minimum absolute atomic E-state index is 0. The van der Waals surface area contributed by atoms with Crippen LogP contribution in [0.3, 0.4) is 0 Å². The first-order valence-electron chi connectivity index (χ1n) is 8.80. The number of hydrogen-bond acceptors (Lipinski definition) is 2. The number of carbonyl (C=O) groups excluding carboxylic acids is 2. The molecule has 0 unspecified atom stereocenters. The van der Waals surface area contributed by atoms with Crippen LogP contribution in [0.4, 0.5) is 0 Å². The van der Waals surface area contributed by atoms with Crippen molar-refractivity contribution in [3.05, 3.63) is 102 Å². The number of hydrogen-bond donors (Lipinski definition) is 0. The summed E-state index contributed by atoms with van der Waals surface area (Å²) in [7, 11) is 0. The second kappa shape index (κ2) is 12.0. The summed E-state index contributed by atoms with van der Waals surface area (Å²) in [5.41, 5.74) is 2.62. The van der Waals surface area contributed by atoms with Crippen LogP contribution in [-0.2, 0) is 17.1 Å². The Labute approximate surface area is 172 Å². The van der Waals surface area contributed by atoms with E-state index in [9.17, 15) is 9.59 Å². The molecule has 0 amide bonds. The minimum Gasteiger partial charge on any atom is -0.645 e. The molecule has 0 atom stereocenters. The first-order valence-corrected chi connectivity index (χ1v) is 8.80. The smallest absolute Gasteiger partial charge is 0.108 e. The van der Waals surface area contributed by atoms with Crippen molar-refractivity contribution in [3.63, 3.8) is 0 Å². The molecule has 0 bridgehead atoms. The predicted octanol–water partition coefficient (Wildman–Crippen LogP) is 5.93. The molecule has 0 saturated carbocycles. The van der Waals surface area contributed by atoms with E-state index in [2.05, 4.69) is 13.8 Å². The Morgan fingerprint density at radius 3 is 2.15 bits per heavy atom. The van der Waals surface area contributed by atoms with Gasteiger partial charge < -0.3 is 51.3 Å². The molecule has 0 N–H and O–H groups in total. The van der Waals surface area contributed by atoms with Crippen molar-refractivity contribution >= 4 is 17.6 Å². The second-order valence-corrected chi connectivity index (χ2v) is 6.48. The minimum atomic E-state index is 0. The summed E-state index contributed by atoms with van der Waals surface area (Å²) in [5, 5.41) is 0. The Morgan fingerprint density at radius 1 is 1.00 bits per heavy atom. The number of benzene rings is 1. The number of ketones is 2. The van der Waals surface area contributed by atoms with E-state index in [1.165, 1.54) is 0 Å². The van der Waals surface area contributed by atoms with Crippen molar-refractivity contribution in [1.82, 2.24) is 0 Å². The van der Waals surface area contributed by atoms with Gasteiger partial charge in [-0.05, 0) is 5.92 Å². The largest absolute Gasteiger partial charge is 0.645 e. The fourth-order valence-electron chi connectivity index (χ4n) is 2.42. The van der Waals surface area contributed by atoms with E-state index in [1.54, 1.807) is 6.08 Å². The summed E-state index contributed by atoms with van der Waals surface area (Å²) in [6, 6.07) is 24.7. The van der Waals surface area contributed by atoms with Crippen LogP contribution in [0.5, 0.6) is 0 Å². The van der Waals surface area contributed by atoms with E-state index in [-0.39, 0.29) is 28.6 Å². The SMILES string of the molecule is CC(C)CC(=O)[c-]1cccc1.O=C(C=Cc1ccccc1)[c-]1[cH-][cH-][cH-][cH-]1.[Fe]. The molecule has 0 aromatic heterocycles. The van der Waals surface area contributed by atoms with Gasteiger partial charge in [-0.1, -0.05) is 55.3 Å². The Balaban J connectivity index is 0.000000273. The van der Waals surface area contributed by atoms with Crippen molar-refractivity contribution in [3.8, 4) is 0 Å². The molecule has 0 aliphatic carbocycles.